The Kier molecular flexibility index (Phi) is 6.86. The molecular formula is C22H29N2O3S+. The van der Waals surface area contributed by atoms with Gasteiger partial charge in [0, 0.05) is 4.88 Å². The number of benzene rings is 1. The van der Waals surface area contributed by atoms with Crippen molar-refractivity contribution in [2.75, 3.05) is 25.0 Å². The second-order valence-electron chi connectivity index (χ2n) is 7.38. The number of anilines is 1. The third-order valence-electron chi connectivity index (χ3n) is 5.38. The maximum absolute atomic E-state index is 12.7. The summed E-state index contributed by atoms with van der Waals surface area (Å²) in [5.74, 6) is -0.428. The van der Waals surface area contributed by atoms with E-state index in [9.17, 15) is 9.59 Å². The lowest BCUT2D eigenvalue weighted by Gasteiger charge is -2.29. The van der Waals surface area contributed by atoms with Crippen LogP contribution in [0.3, 0.4) is 0 Å². The number of hydrogen-bond acceptors (Lipinski definition) is 4. The van der Waals surface area contributed by atoms with E-state index in [1.165, 1.54) is 22.7 Å². The molecule has 1 amide bonds. The Balaban J connectivity index is 1.86. The monoisotopic (exact) mass is 401 g/mol. The summed E-state index contributed by atoms with van der Waals surface area (Å²) in [4.78, 5) is 27.6. The molecule has 2 N–H and O–H groups in total. The molecule has 0 spiro atoms. The fraction of sp³-hybridized carbons (Fsp3) is 0.455. The lowest BCUT2D eigenvalue weighted by Crippen LogP contribution is -3.17. The summed E-state index contributed by atoms with van der Waals surface area (Å²) < 4.78 is 5.26. The number of hydrogen-bond donors (Lipinski definition) is 2. The molecule has 5 nitrogen and oxygen atoms in total. The van der Waals surface area contributed by atoms with E-state index >= 15 is 0 Å². The van der Waals surface area contributed by atoms with Crippen LogP contribution < -0.4 is 10.2 Å². The first-order valence-corrected chi connectivity index (χ1v) is 10.8. The Morgan fingerprint density at radius 1 is 1.25 bits per heavy atom. The quantitative estimate of drug-likeness (QED) is 0.730. The van der Waals surface area contributed by atoms with E-state index in [2.05, 4.69) is 12.2 Å². The van der Waals surface area contributed by atoms with Gasteiger partial charge in [0.05, 0.1) is 24.8 Å². The van der Waals surface area contributed by atoms with Crippen molar-refractivity contribution in [3.8, 4) is 10.4 Å². The third kappa shape index (κ3) is 4.62. The average molecular weight is 402 g/mol. The first-order valence-electron chi connectivity index (χ1n) is 10.0. The second kappa shape index (κ2) is 9.34. The van der Waals surface area contributed by atoms with E-state index in [0.717, 1.165) is 35.4 Å². The summed E-state index contributed by atoms with van der Waals surface area (Å²) in [6.07, 6.45) is 3.56. The summed E-state index contributed by atoms with van der Waals surface area (Å²) >= 11 is 1.44. The van der Waals surface area contributed by atoms with Crippen LogP contribution in [-0.4, -0.2) is 37.6 Å². The highest BCUT2D eigenvalue weighted by Gasteiger charge is 2.27. The fourth-order valence-corrected chi connectivity index (χ4v) is 5.02. The van der Waals surface area contributed by atoms with Gasteiger partial charge in [-0.1, -0.05) is 30.3 Å². The van der Waals surface area contributed by atoms with Gasteiger partial charge in [-0.3, -0.25) is 4.79 Å². The molecule has 3 rings (SSSR count). The molecule has 1 aliphatic heterocycles. The number of carbonyl (C=O) groups is 2. The smallest absolute Gasteiger partial charge is 0.341 e. The largest absolute Gasteiger partial charge is 0.462 e. The van der Waals surface area contributed by atoms with Crippen molar-refractivity contribution in [1.29, 1.82) is 0 Å². The molecule has 1 aromatic heterocycles. The summed E-state index contributed by atoms with van der Waals surface area (Å²) in [5.41, 5.74) is 2.36. The van der Waals surface area contributed by atoms with Crippen molar-refractivity contribution >= 4 is 28.2 Å². The minimum Gasteiger partial charge on any atom is -0.462 e. The van der Waals surface area contributed by atoms with Crippen molar-refractivity contribution < 1.29 is 19.2 Å². The zero-order chi connectivity index (χ0) is 20.1. The van der Waals surface area contributed by atoms with Crippen LogP contribution in [0.5, 0.6) is 0 Å². The minimum absolute atomic E-state index is 0.0461. The minimum atomic E-state index is -0.382. The first kappa shape index (κ1) is 20.6. The Labute approximate surface area is 170 Å². The SMILES string of the molecule is CCOC(=O)c1c(NC(=O)C[NH+]2CCCC[C@@H]2C)sc(-c2ccccc2)c1C. The van der Waals surface area contributed by atoms with Gasteiger partial charge in [0.25, 0.3) is 5.91 Å². The Hall–Kier alpha value is -2.18. The number of likely N-dealkylation sites (tertiary alicyclic amines) is 1. The van der Waals surface area contributed by atoms with Crippen LogP contribution in [0, 0.1) is 6.92 Å². The first-order chi connectivity index (χ1) is 13.5. The fourth-order valence-electron chi connectivity index (χ4n) is 3.81. The predicted octanol–water partition coefficient (Wildman–Crippen LogP) is 3.30. The number of carbonyl (C=O) groups excluding carboxylic acids is 2. The number of rotatable bonds is 6. The molecular weight excluding hydrogens is 372 g/mol. The lowest BCUT2D eigenvalue weighted by atomic mass is 10.0. The standard InChI is InChI=1S/C22H28N2O3S/c1-4-27-22(26)19-16(3)20(17-11-6-5-7-12-17)28-21(19)23-18(25)14-24-13-9-8-10-15(24)2/h5-7,11-12,15H,4,8-10,13-14H2,1-3H3,(H,23,25)/p+1/t15-/m0/s1. The molecule has 1 saturated heterocycles. The van der Waals surface area contributed by atoms with E-state index in [0.29, 0.717) is 29.8 Å². The van der Waals surface area contributed by atoms with Gasteiger partial charge in [0.1, 0.15) is 5.00 Å². The summed E-state index contributed by atoms with van der Waals surface area (Å²) in [6.45, 7) is 7.67. The summed E-state index contributed by atoms with van der Waals surface area (Å²) in [5, 5.41) is 3.59. The Bertz CT molecular complexity index is 832. The van der Waals surface area contributed by atoms with Crippen molar-refractivity contribution in [2.24, 2.45) is 0 Å². The maximum Gasteiger partial charge on any atom is 0.341 e. The second-order valence-corrected chi connectivity index (χ2v) is 8.40. The molecule has 0 radical (unpaired) electrons. The average Bonchev–Trinajstić information content (AvgIpc) is 3.00. The van der Waals surface area contributed by atoms with Crippen LogP contribution in [0.2, 0.25) is 0 Å². The van der Waals surface area contributed by atoms with Crippen molar-refractivity contribution in [2.45, 2.75) is 46.1 Å². The highest BCUT2D eigenvalue weighted by Crippen LogP contribution is 2.40. The molecule has 0 aliphatic carbocycles. The molecule has 2 heterocycles. The molecule has 0 bridgehead atoms. The zero-order valence-electron chi connectivity index (χ0n) is 16.8. The topological polar surface area (TPSA) is 59.8 Å². The molecule has 1 aromatic carbocycles. The molecule has 2 atom stereocenters. The molecule has 2 aromatic rings. The van der Waals surface area contributed by atoms with E-state index in [1.807, 2.05) is 37.3 Å². The van der Waals surface area contributed by atoms with Crippen LogP contribution in [0.1, 0.15) is 49.0 Å². The Morgan fingerprint density at radius 3 is 2.68 bits per heavy atom. The van der Waals surface area contributed by atoms with Crippen molar-refractivity contribution in [1.82, 2.24) is 0 Å². The summed E-state index contributed by atoms with van der Waals surface area (Å²) in [6, 6.07) is 10.4. The normalized spacial score (nSPS) is 19.2. The molecule has 0 saturated carbocycles. The van der Waals surface area contributed by atoms with E-state index in [1.54, 1.807) is 6.92 Å². The molecule has 1 aliphatic rings. The highest BCUT2D eigenvalue weighted by atomic mass is 32.1. The number of esters is 1. The number of piperidine rings is 1. The van der Waals surface area contributed by atoms with Gasteiger partial charge in [-0.15, -0.1) is 11.3 Å². The van der Waals surface area contributed by atoms with Crippen LogP contribution in [-0.2, 0) is 9.53 Å². The van der Waals surface area contributed by atoms with Gasteiger partial charge < -0.3 is 15.0 Å². The number of ether oxygens (including phenoxy) is 1. The van der Waals surface area contributed by atoms with E-state index in [-0.39, 0.29) is 11.9 Å². The van der Waals surface area contributed by atoms with Gasteiger partial charge in [0.2, 0.25) is 0 Å². The van der Waals surface area contributed by atoms with Crippen LogP contribution >= 0.6 is 11.3 Å². The van der Waals surface area contributed by atoms with E-state index in [4.69, 9.17) is 4.74 Å². The lowest BCUT2D eigenvalue weighted by molar-refractivity contribution is -0.920. The van der Waals surface area contributed by atoms with Gasteiger partial charge in [-0.2, -0.15) is 0 Å². The van der Waals surface area contributed by atoms with Gasteiger partial charge in [-0.25, -0.2) is 4.79 Å². The molecule has 1 fully saturated rings. The molecule has 150 valence electrons. The number of nitrogens with one attached hydrogen (secondary N) is 2. The van der Waals surface area contributed by atoms with Crippen LogP contribution in [0.25, 0.3) is 10.4 Å². The van der Waals surface area contributed by atoms with Crippen molar-refractivity contribution in [3.63, 3.8) is 0 Å². The van der Waals surface area contributed by atoms with E-state index < -0.39 is 0 Å². The van der Waals surface area contributed by atoms with Crippen LogP contribution in [0.15, 0.2) is 30.3 Å². The summed E-state index contributed by atoms with van der Waals surface area (Å²) in [7, 11) is 0. The molecule has 1 unspecified atom stereocenters. The third-order valence-corrected chi connectivity index (χ3v) is 6.64. The number of thiophene rings is 1. The van der Waals surface area contributed by atoms with Gasteiger partial charge in [-0.05, 0) is 51.2 Å². The number of quaternary nitrogens is 1. The maximum atomic E-state index is 12.7. The van der Waals surface area contributed by atoms with Crippen molar-refractivity contribution in [3.05, 3.63) is 41.5 Å². The zero-order valence-corrected chi connectivity index (χ0v) is 17.7. The molecule has 6 heteroatoms. The molecule has 28 heavy (non-hydrogen) atoms. The Morgan fingerprint density at radius 2 is 2.00 bits per heavy atom. The number of amides is 1. The van der Waals surface area contributed by atoms with Gasteiger partial charge >= 0.3 is 5.97 Å². The van der Waals surface area contributed by atoms with Gasteiger partial charge in [0.15, 0.2) is 6.54 Å². The highest BCUT2D eigenvalue weighted by molar-refractivity contribution is 7.20. The predicted molar refractivity (Wildman–Crippen MR) is 113 cm³/mol. The van der Waals surface area contributed by atoms with Crippen LogP contribution in [0.4, 0.5) is 5.00 Å².